The van der Waals surface area contributed by atoms with Gasteiger partial charge in [-0.05, 0) is 51.0 Å². The van der Waals surface area contributed by atoms with Crippen molar-refractivity contribution in [3.05, 3.63) is 52.1 Å². The van der Waals surface area contributed by atoms with Crippen LogP contribution in [0.2, 0.25) is 0 Å². The van der Waals surface area contributed by atoms with Gasteiger partial charge in [0.05, 0.1) is 16.6 Å². The molecule has 0 amide bonds. The smallest absolute Gasteiger partial charge is 0.271 e. The van der Waals surface area contributed by atoms with Crippen LogP contribution in [-0.4, -0.2) is 49.4 Å². The number of aryl methyl sites for hydroxylation is 1. The molecule has 0 unspecified atom stereocenters. The van der Waals surface area contributed by atoms with Gasteiger partial charge < -0.3 is 10.2 Å². The van der Waals surface area contributed by atoms with Gasteiger partial charge in [-0.15, -0.1) is 0 Å². The second-order valence-corrected chi connectivity index (χ2v) is 7.76. The maximum absolute atomic E-state index is 11.7. The van der Waals surface area contributed by atoms with E-state index in [0.29, 0.717) is 28.7 Å². The van der Waals surface area contributed by atoms with E-state index in [2.05, 4.69) is 40.6 Å². The van der Waals surface area contributed by atoms with Crippen molar-refractivity contribution in [2.45, 2.75) is 23.5 Å². The topological polar surface area (TPSA) is 118 Å². The van der Waals surface area contributed by atoms with Crippen molar-refractivity contribution in [3.63, 3.8) is 0 Å². The molecule has 4 N–H and O–H groups in total. The summed E-state index contributed by atoms with van der Waals surface area (Å²) in [5.41, 5.74) is 2.49. The monoisotopic (exact) mass is 396 g/mol. The van der Waals surface area contributed by atoms with Gasteiger partial charge in [-0.2, -0.15) is 5.10 Å². The van der Waals surface area contributed by atoms with Gasteiger partial charge in [-0.1, -0.05) is 0 Å². The number of aromatic amines is 3. The number of hydrogen-bond acceptors (Lipinski definition) is 7. The normalized spacial score (nSPS) is 11.4. The summed E-state index contributed by atoms with van der Waals surface area (Å²) in [4.78, 5) is 23.9. The summed E-state index contributed by atoms with van der Waals surface area (Å²) in [5.74, 6) is 1.38. The van der Waals surface area contributed by atoms with Crippen molar-refractivity contribution in [1.29, 1.82) is 0 Å². The van der Waals surface area contributed by atoms with Crippen LogP contribution in [0.4, 0.5) is 11.6 Å². The lowest BCUT2D eigenvalue weighted by Crippen LogP contribution is -2.13. The lowest BCUT2D eigenvalue weighted by atomic mass is 10.2. The van der Waals surface area contributed by atoms with Crippen molar-refractivity contribution < 1.29 is 0 Å². The van der Waals surface area contributed by atoms with Crippen molar-refractivity contribution in [2.75, 3.05) is 19.4 Å². The summed E-state index contributed by atoms with van der Waals surface area (Å²) in [5, 5.41) is 17.0. The highest BCUT2D eigenvalue weighted by molar-refractivity contribution is 7.99. The second kappa shape index (κ2) is 7.49. The number of aromatic nitrogens is 6. The molecule has 9 nitrogen and oxygen atoms in total. The van der Waals surface area contributed by atoms with Crippen molar-refractivity contribution >= 4 is 34.3 Å². The van der Waals surface area contributed by atoms with Crippen LogP contribution in [0.5, 0.6) is 0 Å². The minimum absolute atomic E-state index is 0.128. The molecule has 4 rings (SSSR count). The molecule has 0 spiro atoms. The van der Waals surface area contributed by atoms with E-state index in [1.54, 1.807) is 6.07 Å². The number of hydrogen-bond donors (Lipinski definition) is 4. The molecule has 3 aromatic heterocycles. The summed E-state index contributed by atoms with van der Waals surface area (Å²) in [6.07, 6.45) is 0. The maximum atomic E-state index is 11.7. The largest absolute Gasteiger partial charge is 0.323 e. The van der Waals surface area contributed by atoms with Crippen molar-refractivity contribution in [3.8, 4) is 0 Å². The third-order valence-corrected chi connectivity index (χ3v) is 4.81. The fourth-order valence-corrected chi connectivity index (χ4v) is 3.62. The van der Waals surface area contributed by atoms with Gasteiger partial charge in [0.15, 0.2) is 11.0 Å². The molecule has 0 aliphatic rings. The molecule has 0 saturated heterocycles. The molecule has 144 valence electrons. The van der Waals surface area contributed by atoms with E-state index in [9.17, 15) is 4.79 Å². The lowest BCUT2D eigenvalue weighted by Gasteiger charge is -2.12. The Kier molecular flexibility index (Phi) is 4.88. The van der Waals surface area contributed by atoms with Gasteiger partial charge in [0, 0.05) is 29.3 Å². The average molecular weight is 396 g/mol. The predicted octanol–water partition coefficient (Wildman–Crippen LogP) is 2.63. The molecular formula is C18H20N8OS. The fraction of sp³-hybridized carbons (Fsp3) is 0.222. The first-order valence-corrected chi connectivity index (χ1v) is 9.48. The second-order valence-electron chi connectivity index (χ2n) is 6.71. The van der Waals surface area contributed by atoms with Crippen LogP contribution in [0, 0.1) is 6.92 Å². The maximum Gasteiger partial charge on any atom is 0.271 e. The highest BCUT2D eigenvalue weighted by Gasteiger charge is 2.10. The quantitative estimate of drug-likeness (QED) is 0.370. The van der Waals surface area contributed by atoms with E-state index in [0.717, 1.165) is 21.8 Å². The Bertz CT molecular complexity index is 1180. The summed E-state index contributed by atoms with van der Waals surface area (Å²) in [6, 6.07) is 9.42. The van der Waals surface area contributed by atoms with E-state index in [1.165, 1.54) is 11.8 Å². The summed E-state index contributed by atoms with van der Waals surface area (Å²) in [7, 11) is 3.99. The average Bonchev–Trinajstić information content (AvgIpc) is 3.20. The van der Waals surface area contributed by atoms with Gasteiger partial charge in [-0.3, -0.25) is 20.1 Å². The first-order chi connectivity index (χ1) is 13.5. The summed E-state index contributed by atoms with van der Waals surface area (Å²) < 4.78 is 0. The fourth-order valence-electron chi connectivity index (χ4n) is 2.79. The van der Waals surface area contributed by atoms with Crippen LogP contribution in [0.1, 0.15) is 11.4 Å². The molecule has 1 aromatic carbocycles. The van der Waals surface area contributed by atoms with Crippen LogP contribution in [-0.2, 0) is 6.54 Å². The first-order valence-electron chi connectivity index (χ1n) is 8.66. The highest BCUT2D eigenvalue weighted by atomic mass is 32.2. The number of H-pyrrole nitrogens is 3. The Morgan fingerprint density at radius 3 is 2.71 bits per heavy atom. The Morgan fingerprint density at radius 2 is 1.96 bits per heavy atom. The Hall–Kier alpha value is -3.11. The Morgan fingerprint density at radius 1 is 1.11 bits per heavy atom. The van der Waals surface area contributed by atoms with Crippen LogP contribution in [0.15, 0.2) is 45.2 Å². The highest BCUT2D eigenvalue weighted by Crippen LogP contribution is 2.28. The Balaban J connectivity index is 1.65. The third kappa shape index (κ3) is 4.07. The molecule has 0 aliphatic heterocycles. The molecule has 10 heteroatoms. The molecular weight excluding hydrogens is 376 g/mol. The third-order valence-electron chi connectivity index (χ3n) is 3.95. The summed E-state index contributed by atoms with van der Waals surface area (Å²) >= 11 is 1.44. The van der Waals surface area contributed by atoms with Gasteiger partial charge in [-0.25, -0.2) is 9.97 Å². The standard InChI is InChI=1S/C18H20N8OS/c1-10-6-16(24-22-10)20-15-7-11(9-26(2)3)19-18(21-15)28-12-4-5-13-14(8-12)23-25-17(13)27/h4-8H,9H2,1-3H3,(H2,23,25,27)(H2,19,20,21,22,24). The number of benzene rings is 1. The van der Waals surface area contributed by atoms with Gasteiger partial charge >= 0.3 is 0 Å². The van der Waals surface area contributed by atoms with Gasteiger partial charge in [0.2, 0.25) is 0 Å². The molecule has 3 heterocycles. The molecule has 28 heavy (non-hydrogen) atoms. The number of anilines is 2. The van der Waals surface area contributed by atoms with E-state index >= 15 is 0 Å². The van der Waals surface area contributed by atoms with Crippen LogP contribution in [0.25, 0.3) is 10.9 Å². The van der Waals surface area contributed by atoms with E-state index in [-0.39, 0.29) is 5.56 Å². The minimum atomic E-state index is -0.128. The first kappa shape index (κ1) is 18.3. The van der Waals surface area contributed by atoms with E-state index < -0.39 is 0 Å². The zero-order valence-electron chi connectivity index (χ0n) is 15.7. The Labute approximate surface area is 165 Å². The van der Waals surface area contributed by atoms with Crippen LogP contribution in [0.3, 0.4) is 0 Å². The van der Waals surface area contributed by atoms with E-state index in [1.807, 2.05) is 45.3 Å². The van der Waals surface area contributed by atoms with Gasteiger partial charge in [0.1, 0.15) is 5.82 Å². The number of rotatable bonds is 6. The zero-order valence-corrected chi connectivity index (χ0v) is 16.5. The number of nitrogens with one attached hydrogen (secondary N) is 4. The lowest BCUT2D eigenvalue weighted by molar-refractivity contribution is 0.395. The summed E-state index contributed by atoms with van der Waals surface area (Å²) in [6.45, 7) is 2.63. The van der Waals surface area contributed by atoms with Crippen LogP contribution >= 0.6 is 11.8 Å². The number of fused-ring (bicyclic) bond motifs is 1. The molecule has 0 aliphatic carbocycles. The molecule has 0 radical (unpaired) electrons. The van der Waals surface area contributed by atoms with Crippen molar-refractivity contribution in [1.82, 2.24) is 35.3 Å². The molecule has 0 fully saturated rings. The number of nitrogens with zero attached hydrogens (tertiary/aromatic N) is 4. The van der Waals surface area contributed by atoms with Crippen LogP contribution < -0.4 is 10.9 Å². The molecule has 0 bridgehead atoms. The molecule has 0 saturated carbocycles. The molecule has 0 atom stereocenters. The minimum Gasteiger partial charge on any atom is -0.323 e. The van der Waals surface area contributed by atoms with Gasteiger partial charge in [0.25, 0.3) is 5.56 Å². The van der Waals surface area contributed by atoms with Crippen molar-refractivity contribution in [2.24, 2.45) is 0 Å². The SMILES string of the molecule is Cc1cc(Nc2cc(CN(C)C)nc(Sc3ccc4c(=O)[nH][nH]c4c3)n2)n[nH]1. The predicted molar refractivity (Wildman–Crippen MR) is 109 cm³/mol. The molecule has 4 aromatic rings. The zero-order chi connectivity index (χ0) is 19.7. The van der Waals surface area contributed by atoms with E-state index in [4.69, 9.17) is 0 Å².